The van der Waals surface area contributed by atoms with Gasteiger partial charge in [0.2, 0.25) is 5.91 Å². The summed E-state index contributed by atoms with van der Waals surface area (Å²) in [5.41, 5.74) is 4.15. The van der Waals surface area contributed by atoms with Crippen LogP contribution in [0.3, 0.4) is 0 Å². The Morgan fingerprint density at radius 1 is 1.21 bits per heavy atom. The lowest BCUT2D eigenvalue weighted by Crippen LogP contribution is -2.47. The number of hydrogen-bond donors (Lipinski definition) is 1. The Morgan fingerprint density at radius 3 is 2.39 bits per heavy atom. The van der Waals surface area contributed by atoms with Crippen LogP contribution in [0.15, 0.2) is 0 Å². The Balaban J connectivity index is 2.07. The molecule has 2 N–H and O–H groups in total. The van der Waals surface area contributed by atoms with Crippen molar-refractivity contribution in [3.05, 3.63) is 0 Å². The highest BCUT2D eigenvalue weighted by atomic mass is 32.3. The van der Waals surface area contributed by atoms with Crippen molar-refractivity contribution in [2.24, 2.45) is 11.1 Å². The molecule has 2 bridgehead atoms. The molecule has 2 unspecified atom stereocenters. The fraction of sp³-hybridized carbons (Fsp3) is 0.812. The molecule has 0 saturated carbocycles. The molecule has 2 heterocycles. The summed E-state index contributed by atoms with van der Waals surface area (Å²) in [6.07, 6.45) is 1.29. The van der Waals surface area contributed by atoms with Gasteiger partial charge in [-0.05, 0) is 32.6 Å². The topological polar surface area (TPSA) is 146 Å². The molecule has 12 heteroatoms. The van der Waals surface area contributed by atoms with Gasteiger partial charge in [0.1, 0.15) is 6.04 Å². The largest absolute Gasteiger partial charge is 0.465 e. The smallest absolute Gasteiger partial charge is 0.421 e. The molecule has 2 rings (SSSR count). The molecule has 0 aliphatic carbocycles. The number of hydroxylamine groups is 2. The quantitative estimate of drug-likeness (QED) is 0.496. The lowest BCUT2D eigenvalue weighted by Gasteiger charge is -2.28. The van der Waals surface area contributed by atoms with Crippen LogP contribution < -0.4 is 5.73 Å². The van der Waals surface area contributed by atoms with Crippen molar-refractivity contribution in [3.8, 4) is 0 Å². The average molecular weight is 421 g/mol. The van der Waals surface area contributed by atoms with Crippen molar-refractivity contribution >= 4 is 28.3 Å². The number of hydrogen-bond acceptors (Lipinski definition) is 8. The first-order valence-electron chi connectivity index (χ1n) is 9.26. The van der Waals surface area contributed by atoms with Crippen molar-refractivity contribution in [2.45, 2.75) is 58.5 Å². The predicted octanol–water partition coefficient (Wildman–Crippen LogP) is 0.303. The third kappa shape index (κ3) is 4.39. The third-order valence-electron chi connectivity index (χ3n) is 5.36. The summed E-state index contributed by atoms with van der Waals surface area (Å²) in [7, 11) is -4.62. The van der Waals surface area contributed by atoms with E-state index in [1.165, 1.54) is 4.90 Å². The summed E-state index contributed by atoms with van der Waals surface area (Å²) in [4.78, 5) is 37.3. The predicted molar refractivity (Wildman–Crippen MR) is 95.6 cm³/mol. The number of fused-ring (bicyclic) bond motifs is 2. The number of amides is 3. The van der Waals surface area contributed by atoms with E-state index < -0.39 is 52.4 Å². The highest BCUT2D eigenvalue weighted by molar-refractivity contribution is 7.81. The Labute approximate surface area is 164 Å². The van der Waals surface area contributed by atoms with E-state index in [1.54, 1.807) is 20.8 Å². The fourth-order valence-corrected chi connectivity index (χ4v) is 4.21. The second kappa shape index (κ2) is 8.62. The summed E-state index contributed by atoms with van der Waals surface area (Å²) in [5, 5.41) is 0.697. The number of rotatable bonds is 10. The molecule has 0 spiro atoms. The second-order valence-corrected chi connectivity index (χ2v) is 8.06. The van der Waals surface area contributed by atoms with E-state index >= 15 is 0 Å². The maximum Gasteiger partial charge on any atom is 0.421 e. The fourth-order valence-electron chi connectivity index (χ4n) is 3.42. The Morgan fingerprint density at radius 2 is 1.86 bits per heavy atom. The molecule has 2 aliphatic rings. The lowest BCUT2D eigenvalue weighted by molar-refractivity contribution is -0.158. The maximum absolute atomic E-state index is 12.4. The zero-order valence-electron chi connectivity index (χ0n) is 16.3. The van der Waals surface area contributed by atoms with Gasteiger partial charge in [0.15, 0.2) is 0 Å². The van der Waals surface area contributed by atoms with Gasteiger partial charge in [0.05, 0.1) is 24.7 Å². The number of carbonyl (C=O) groups is 3. The van der Waals surface area contributed by atoms with E-state index in [4.69, 9.17) is 18.9 Å². The van der Waals surface area contributed by atoms with Crippen LogP contribution in [-0.2, 0) is 33.2 Å². The van der Waals surface area contributed by atoms with Gasteiger partial charge in [-0.2, -0.15) is 13.5 Å². The van der Waals surface area contributed by atoms with Gasteiger partial charge in [-0.25, -0.2) is 8.98 Å². The van der Waals surface area contributed by atoms with E-state index in [0.29, 0.717) is 30.7 Å². The summed E-state index contributed by atoms with van der Waals surface area (Å²) in [6, 6.07) is -2.09. The molecule has 2 saturated heterocycles. The van der Waals surface area contributed by atoms with Crippen molar-refractivity contribution < 1.29 is 36.0 Å². The Bertz CT molecular complexity index is 721. The molecule has 2 atom stereocenters. The van der Waals surface area contributed by atoms with Crippen molar-refractivity contribution in [2.75, 3.05) is 19.8 Å². The van der Waals surface area contributed by atoms with Crippen LogP contribution in [0, 0.1) is 5.41 Å². The number of primary amides is 1. The zero-order valence-corrected chi connectivity index (χ0v) is 17.1. The Hall–Kier alpha value is -1.92. The van der Waals surface area contributed by atoms with Gasteiger partial charge < -0.3 is 15.4 Å². The molecule has 0 aromatic carbocycles. The van der Waals surface area contributed by atoms with Gasteiger partial charge in [-0.15, -0.1) is 4.28 Å². The van der Waals surface area contributed by atoms with Crippen LogP contribution in [0.25, 0.3) is 0 Å². The van der Waals surface area contributed by atoms with Crippen LogP contribution in [-0.4, -0.2) is 68.1 Å². The standard InChI is InChI=1S/C16H27N3O8S/c1-4-16(5-2,14(21)25-6-3)10-26-28(23,24)27-19-11-7-8-12(13(17)20)18(9-11)15(19)22/h11-12H,4-10H2,1-3H3,(H2,17,20). The molecular formula is C16H27N3O8S. The van der Waals surface area contributed by atoms with Crippen molar-refractivity contribution in [3.63, 3.8) is 0 Å². The summed E-state index contributed by atoms with van der Waals surface area (Å²) in [6.45, 7) is 4.93. The van der Waals surface area contributed by atoms with Crippen LogP contribution in [0.1, 0.15) is 46.5 Å². The highest BCUT2D eigenvalue weighted by Crippen LogP contribution is 2.32. The number of carbonyl (C=O) groups excluding carboxylic acids is 3. The second-order valence-electron chi connectivity index (χ2n) is 6.86. The number of esters is 1. The van der Waals surface area contributed by atoms with E-state index in [2.05, 4.69) is 0 Å². The minimum atomic E-state index is -4.62. The Kier molecular flexibility index (Phi) is 6.88. The normalized spacial score (nSPS) is 22.5. The molecule has 160 valence electrons. The molecule has 2 aliphatic heterocycles. The molecule has 0 aromatic rings. The lowest BCUT2D eigenvalue weighted by atomic mass is 9.83. The number of urea groups is 1. The van der Waals surface area contributed by atoms with Crippen LogP contribution in [0.5, 0.6) is 0 Å². The molecule has 2 fully saturated rings. The number of ether oxygens (including phenoxy) is 1. The monoisotopic (exact) mass is 421 g/mol. The van der Waals surface area contributed by atoms with Gasteiger partial charge >= 0.3 is 22.4 Å². The minimum absolute atomic E-state index is 0.138. The molecule has 28 heavy (non-hydrogen) atoms. The maximum atomic E-state index is 12.4. The van der Waals surface area contributed by atoms with Crippen LogP contribution >= 0.6 is 0 Å². The summed E-state index contributed by atoms with van der Waals surface area (Å²) in [5.74, 6) is -1.21. The third-order valence-corrected chi connectivity index (χ3v) is 6.11. The minimum Gasteiger partial charge on any atom is -0.465 e. The number of nitrogens with zero attached hydrogens (tertiary/aromatic N) is 2. The number of nitrogens with two attached hydrogens (primary N) is 1. The van der Waals surface area contributed by atoms with Crippen molar-refractivity contribution in [1.82, 2.24) is 9.96 Å². The van der Waals surface area contributed by atoms with Crippen LogP contribution in [0.2, 0.25) is 0 Å². The first-order valence-corrected chi connectivity index (χ1v) is 10.6. The van der Waals surface area contributed by atoms with Crippen LogP contribution in [0.4, 0.5) is 4.79 Å². The van der Waals surface area contributed by atoms with E-state index in [1.807, 2.05) is 0 Å². The molecule has 0 aromatic heterocycles. The zero-order chi connectivity index (χ0) is 21.1. The average Bonchev–Trinajstić information content (AvgIpc) is 2.87. The summed E-state index contributed by atoms with van der Waals surface area (Å²) < 4.78 is 39.4. The van der Waals surface area contributed by atoms with E-state index in [9.17, 15) is 22.8 Å². The highest BCUT2D eigenvalue weighted by Gasteiger charge is 2.49. The number of piperidine rings is 1. The summed E-state index contributed by atoms with van der Waals surface area (Å²) >= 11 is 0. The van der Waals surface area contributed by atoms with Gasteiger partial charge in [0, 0.05) is 6.54 Å². The van der Waals surface area contributed by atoms with Gasteiger partial charge in [-0.1, -0.05) is 13.8 Å². The molecular weight excluding hydrogens is 394 g/mol. The molecule has 0 radical (unpaired) electrons. The van der Waals surface area contributed by atoms with Gasteiger partial charge in [-0.3, -0.25) is 9.59 Å². The SMILES string of the molecule is CCOC(=O)C(CC)(CC)COS(=O)(=O)ON1C(=O)N2CC1CCC2C(N)=O. The van der Waals surface area contributed by atoms with Gasteiger partial charge in [0.25, 0.3) is 0 Å². The van der Waals surface area contributed by atoms with E-state index in [0.717, 1.165) is 0 Å². The molecule has 3 amide bonds. The first-order chi connectivity index (χ1) is 13.1. The van der Waals surface area contributed by atoms with E-state index in [-0.39, 0.29) is 13.2 Å². The van der Waals surface area contributed by atoms with Crippen molar-refractivity contribution in [1.29, 1.82) is 0 Å². The molecule has 11 nitrogen and oxygen atoms in total. The first kappa shape index (κ1) is 22.4.